The minimum atomic E-state index is -0.498. The molecule has 1 heterocycles. The molecule has 0 spiro atoms. The summed E-state index contributed by atoms with van der Waals surface area (Å²) >= 11 is 0. The summed E-state index contributed by atoms with van der Waals surface area (Å²) in [4.78, 5) is 24.8. The van der Waals surface area contributed by atoms with Crippen LogP contribution in [0.2, 0.25) is 0 Å². The van der Waals surface area contributed by atoms with E-state index in [-0.39, 0.29) is 17.2 Å². The predicted octanol–water partition coefficient (Wildman–Crippen LogP) is 5.08. The highest BCUT2D eigenvalue weighted by Gasteiger charge is 2.21. The Kier molecular flexibility index (Phi) is 8.23. The second-order valence-corrected chi connectivity index (χ2v) is 6.48. The number of ether oxygens (including phenoxy) is 2. The molecule has 0 radical (unpaired) electrons. The third kappa shape index (κ3) is 6.37. The van der Waals surface area contributed by atoms with E-state index >= 15 is 0 Å². The average Bonchev–Trinajstić information content (AvgIpc) is 2.64. The van der Waals surface area contributed by atoms with Gasteiger partial charge in [0.05, 0.1) is 17.7 Å². The van der Waals surface area contributed by atoms with E-state index in [0.717, 1.165) is 32.1 Å². The first-order chi connectivity index (χ1) is 12.2. The number of hydrogen-bond donors (Lipinski definition) is 0. The molecule has 4 nitrogen and oxygen atoms in total. The van der Waals surface area contributed by atoms with Crippen LogP contribution in [0.5, 0.6) is 0 Å². The molecular weight excluding hydrogens is 316 g/mol. The highest BCUT2D eigenvalue weighted by atomic mass is 16.5. The van der Waals surface area contributed by atoms with E-state index < -0.39 is 11.9 Å². The summed E-state index contributed by atoms with van der Waals surface area (Å²) in [6.45, 7) is 4.15. The lowest BCUT2D eigenvalue weighted by Gasteiger charge is -2.15. The molecule has 0 aliphatic carbocycles. The number of hydrogen-bond acceptors (Lipinski definition) is 4. The maximum Gasteiger partial charge on any atom is 0.339 e. The normalized spacial score (nSPS) is 21.4. The lowest BCUT2D eigenvalue weighted by Crippen LogP contribution is -2.19. The van der Waals surface area contributed by atoms with Crippen LogP contribution in [0, 0.1) is 0 Å². The van der Waals surface area contributed by atoms with Gasteiger partial charge in [0.15, 0.2) is 0 Å². The summed E-state index contributed by atoms with van der Waals surface area (Å²) in [5.74, 6) is -0.964. The Hall–Kier alpha value is -2.10. The monoisotopic (exact) mass is 344 g/mol. The number of benzene rings is 1. The average molecular weight is 344 g/mol. The van der Waals surface area contributed by atoms with E-state index in [9.17, 15) is 9.59 Å². The molecule has 0 N–H and O–H groups in total. The van der Waals surface area contributed by atoms with Crippen molar-refractivity contribution >= 4 is 11.9 Å². The van der Waals surface area contributed by atoms with Gasteiger partial charge in [-0.1, -0.05) is 63.3 Å². The standard InChI is InChI=1S/C21H28O4/c1-2-17-13-9-7-5-3-4-6-8-12-16-24-20(22)18-14-10-11-15-19(18)21(23)25-17/h2,10-11,14-15,17H,1,3-9,12-13,16H2. The molecule has 2 rings (SSSR count). The number of esters is 2. The quantitative estimate of drug-likeness (QED) is 0.526. The first kappa shape index (κ1) is 19.2. The van der Waals surface area contributed by atoms with Gasteiger partial charge in [-0.15, -0.1) is 0 Å². The molecule has 1 aliphatic heterocycles. The zero-order chi connectivity index (χ0) is 17.9. The Morgan fingerprint density at radius 1 is 0.840 bits per heavy atom. The first-order valence-corrected chi connectivity index (χ1v) is 9.32. The largest absolute Gasteiger partial charge is 0.462 e. The van der Waals surface area contributed by atoms with E-state index in [0.29, 0.717) is 6.61 Å². The first-order valence-electron chi connectivity index (χ1n) is 9.32. The van der Waals surface area contributed by atoms with Crippen LogP contribution >= 0.6 is 0 Å². The molecule has 0 aromatic heterocycles. The van der Waals surface area contributed by atoms with Crippen LogP contribution in [0.15, 0.2) is 36.9 Å². The van der Waals surface area contributed by atoms with Gasteiger partial charge < -0.3 is 9.47 Å². The Morgan fingerprint density at radius 3 is 2.04 bits per heavy atom. The molecule has 0 saturated heterocycles. The van der Waals surface area contributed by atoms with Crippen molar-refractivity contribution < 1.29 is 19.1 Å². The van der Waals surface area contributed by atoms with Crippen molar-refractivity contribution in [3.8, 4) is 0 Å². The van der Waals surface area contributed by atoms with Crippen molar-refractivity contribution in [1.29, 1.82) is 0 Å². The number of carbonyl (C=O) groups is 2. The smallest absolute Gasteiger partial charge is 0.339 e. The fourth-order valence-corrected chi connectivity index (χ4v) is 3.02. The van der Waals surface area contributed by atoms with Gasteiger partial charge in [-0.05, 0) is 31.4 Å². The second-order valence-electron chi connectivity index (χ2n) is 6.48. The topological polar surface area (TPSA) is 52.6 Å². The van der Waals surface area contributed by atoms with Crippen molar-refractivity contribution in [2.75, 3.05) is 6.61 Å². The summed E-state index contributed by atoms with van der Waals surface area (Å²) in [6, 6.07) is 6.66. The Bertz CT molecular complexity index is 579. The maximum absolute atomic E-state index is 12.5. The van der Waals surface area contributed by atoms with Crippen molar-refractivity contribution in [2.24, 2.45) is 0 Å². The van der Waals surface area contributed by atoms with Crippen LogP contribution in [0.25, 0.3) is 0 Å². The van der Waals surface area contributed by atoms with Crippen LogP contribution in [0.4, 0.5) is 0 Å². The van der Waals surface area contributed by atoms with Gasteiger partial charge in [0.1, 0.15) is 6.10 Å². The Morgan fingerprint density at radius 2 is 1.40 bits per heavy atom. The summed E-state index contributed by atoms with van der Waals surface area (Å²) in [5.41, 5.74) is 0.517. The molecule has 0 saturated carbocycles. The molecule has 1 aromatic rings. The highest BCUT2D eigenvalue weighted by molar-refractivity contribution is 6.03. The summed E-state index contributed by atoms with van der Waals surface area (Å²) in [7, 11) is 0. The maximum atomic E-state index is 12.5. The van der Waals surface area contributed by atoms with Crippen LogP contribution in [-0.2, 0) is 9.47 Å². The number of fused-ring (bicyclic) bond motifs is 1. The molecule has 1 unspecified atom stereocenters. The summed E-state index contributed by atoms with van der Waals surface area (Å²) < 4.78 is 10.9. The summed E-state index contributed by atoms with van der Waals surface area (Å²) in [5, 5.41) is 0. The third-order valence-corrected chi connectivity index (χ3v) is 4.50. The van der Waals surface area contributed by atoms with Gasteiger partial charge in [0.25, 0.3) is 0 Å². The minimum absolute atomic E-state index is 0.253. The van der Waals surface area contributed by atoms with Crippen LogP contribution < -0.4 is 0 Å². The van der Waals surface area contributed by atoms with E-state index in [2.05, 4.69) is 6.58 Å². The number of carbonyl (C=O) groups excluding carboxylic acids is 2. The lowest BCUT2D eigenvalue weighted by atomic mass is 10.1. The molecule has 0 amide bonds. The van der Waals surface area contributed by atoms with Crippen LogP contribution in [-0.4, -0.2) is 24.6 Å². The van der Waals surface area contributed by atoms with E-state index in [1.807, 2.05) is 0 Å². The molecule has 0 fully saturated rings. The van der Waals surface area contributed by atoms with Crippen molar-refractivity contribution in [2.45, 2.75) is 63.9 Å². The fraction of sp³-hybridized carbons (Fsp3) is 0.524. The van der Waals surface area contributed by atoms with Crippen molar-refractivity contribution in [3.05, 3.63) is 48.0 Å². The van der Waals surface area contributed by atoms with Gasteiger partial charge in [-0.2, -0.15) is 0 Å². The van der Waals surface area contributed by atoms with E-state index in [1.165, 1.54) is 25.7 Å². The molecule has 1 atom stereocenters. The predicted molar refractivity (Wildman–Crippen MR) is 97.7 cm³/mol. The van der Waals surface area contributed by atoms with Gasteiger partial charge in [-0.25, -0.2) is 9.59 Å². The second kappa shape index (κ2) is 10.7. The third-order valence-electron chi connectivity index (χ3n) is 4.50. The van der Waals surface area contributed by atoms with E-state index in [1.54, 1.807) is 30.3 Å². The van der Waals surface area contributed by atoms with Gasteiger partial charge in [-0.3, -0.25) is 0 Å². The molecule has 1 aliphatic rings. The Labute approximate surface area is 150 Å². The minimum Gasteiger partial charge on any atom is -0.462 e. The van der Waals surface area contributed by atoms with Crippen molar-refractivity contribution in [1.82, 2.24) is 0 Å². The Balaban J connectivity index is 2.11. The molecular formula is C21H28O4. The molecule has 0 bridgehead atoms. The number of rotatable bonds is 1. The molecule has 136 valence electrons. The molecule has 25 heavy (non-hydrogen) atoms. The number of cyclic esters (lactones) is 2. The van der Waals surface area contributed by atoms with E-state index in [4.69, 9.17) is 9.47 Å². The van der Waals surface area contributed by atoms with Gasteiger partial charge in [0.2, 0.25) is 0 Å². The SMILES string of the molecule is C=CC1CCCCCCCCCCOC(=O)c2ccccc2C(=O)O1. The van der Waals surface area contributed by atoms with Crippen LogP contribution in [0.1, 0.15) is 78.5 Å². The zero-order valence-corrected chi connectivity index (χ0v) is 14.9. The highest BCUT2D eigenvalue weighted by Crippen LogP contribution is 2.17. The van der Waals surface area contributed by atoms with Crippen LogP contribution in [0.3, 0.4) is 0 Å². The van der Waals surface area contributed by atoms with Gasteiger partial charge >= 0.3 is 11.9 Å². The van der Waals surface area contributed by atoms with Crippen molar-refractivity contribution in [3.63, 3.8) is 0 Å². The summed E-state index contributed by atoms with van der Waals surface area (Å²) in [6.07, 6.45) is 11.0. The zero-order valence-electron chi connectivity index (χ0n) is 14.9. The lowest BCUT2D eigenvalue weighted by molar-refractivity contribution is 0.0360. The molecule has 4 heteroatoms. The fourth-order valence-electron chi connectivity index (χ4n) is 3.02. The molecule has 1 aromatic carbocycles. The van der Waals surface area contributed by atoms with Gasteiger partial charge in [0, 0.05) is 0 Å².